The molecule has 0 radical (unpaired) electrons. The summed E-state index contributed by atoms with van der Waals surface area (Å²) in [5, 5.41) is 18.3. The standard InChI is InChI=1S/C9H10O3/c1-5-3-4-7(11)9(12)8(5)6(2)10/h3-4,11-12H,1-2H3. The molecule has 0 bridgehead atoms. The van der Waals surface area contributed by atoms with Crippen molar-refractivity contribution in [3.63, 3.8) is 0 Å². The van der Waals surface area contributed by atoms with Crippen LogP contribution < -0.4 is 0 Å². The molecule has 1 rings (SSSR count). The Morgan fingerprint density at radius 2 is 1.92 bits per heavy atom. The smallest absolute Gasteiger partial charge is 0.168 e. The topological polar surface area (TPSA) is 57.5 Å². The molecule has 1 aromatic carbocycles. The average Bonchev–Trinajstić information content (AvgIpc) is 1.97. The number of ketones is 1. The molecule has 3 heteroatoms. The zero-order valence-electron chi connectivity index (χ0n) is 6.96. The minimum atomic E-state index is -0.331. The van der Waals surface area contributed by atoms with E-state index in [4.69, 9.17) is 5.11 Å². The van der Waals surface area contributed by atoms with Crippen LogP contribution in [0.2, 0.25) is 0 Å². The first-order valence-electron chi connectivity index (χ1n) is 3.56. The molecule has 0 aliphatic carbocycles. The number of carbonyl (C=O) groups excluding carboxylic acids is 1. The van der Waals surface area contributed by atoms with Crippen molar-refractivity contribution >= 4 is 5.78 Å². The summed E-state index contributed by atoms with van der Waals surface area (Å²) in [6, 6.07) is 2.95. The largest absolute Gasteiger partial charge is 0.504 e. The van der Waals surface area contributed by atoms with Gasteiger partial charge < -0.3 is 10.2 Å². The Morgan fingerprint density at radius 1 is 1.33 bits per heavy atom. The zero-order valence-corrected chi connectivity index (χ0v) is 6.96. The number of carbonyl (C=O) groups is 1. The molecule has 0 aliphatic heterocycles. The molecule has 1 aromatic rings. The Hall–Kier alpha value is -1.51. The highest BCUT2D eigenvalue weighted by Crippen LogP contribution is 2.30. The molecule has 64 valence electrons. The van der Waals surface area contributed by atoms with E-state index in [0.29, 0.717) is 5.56 Å². The van der Waals surface area contributed by atoms with Gasteiger partial charge in [0.2, 0.25) is 0 Å². The van der Waals surface area contributed by atoms with Gasteiger partial charge in [0.15, 0.2) is 17.3 Å². The third-order valence-electron chi connectivity index (χ3n) is 1.72. The van der Waals surface area contributed by atoms with Gasteiger partial charge in [-0.1, -0.05) is 6.07 Å². The molecule has 0 saturated heterocycles. The Kier molecular flexibility index (Phi) is 2.04. The summed E-state index contributed by atoms with van der Waals surface area (Å²) in [5.41, 5.74) is 0.854. The van der Waals surface area contributed by atoms with E-state index in [1.165, 1.54) is 13.0 Å². The second-order valence-electron chi connectivity index (χ2n) is 2.68. The first-order valence-corrected chi connectivity index (χ1v) is 3.56. The Morgan fingerprint density at radius 3 is 2.33 bits per heavy atom. The van der Waals surface area contributed by atoms with Gasteiger partial charge in [0.25, 0.3) is 0 Å². The van der Waals surface area contributed by atoms with Gasteiger partial charge in [-0.3, -0.25) is 4.79 Å². The number of aryl methyl sites for hydroxylation is 1. The minimum absolute atomic E-state index is 0.190. The highest BCUT2D eigenvalue weighted by Gasteiger charge is 2.12. The van der Waals surface area contributed by atoms with Crippen molar-refractivity contribution < 1.29 is 15.0 Å². The van der Waals surface area contributed by atoms with Crippen molar-refractivity contribution in [2.75, 3.05) is 0 Å². The molecule has 2 N–H and O–H groups in total. The van der Waals surface area contributed by atoms with Gasteiger partial charge in [-0.25, -0.2) is 0 Å². The maximum absolute atomic E-state index is 11.0. The van der Waals surface area contributed by atoms with E-state index in [-0.39, 0.29) is 22.8 Å². The SMILES string of the molecule is CC(=O)c1c(C)ccc(O)c1O. The number of phenols is 2. The van der Waals surface area contributed by atoms with Crippen LogP contribution in [-0.4, -0.2) is 16.0 Å². The molecule has 0 spiro atoms. The lowest BCUT2D eigenvalue weighted by Crippen LogP contribution is -1.96. The first-order chi connectivity index (χ1) is 5.54. The van der Waals surface area contributed by atoms with Gasteiger partial charge in [0, 0.05) is 0 Å². The van der Waals surface area contributed by atoms with E-state index in [1.807, 2.05) is 0 Å². The Labute approximate surface area is 70.3 Å². The number of phenolic OH excluding ortho intramolecular Hbond substituents is 2. The van der Waals surface area contributed by atoms with Gasteiger partial charge in [-0.15, -0.1) is 0 Å². The first kappa shape index (κ1) is 8.59. The van der Waals surface area contributed by atoms with Gasteiger partial charge >= 0.3 is 0 Å². The van der Waals surface area contributed by atoms with Crippen LogP contribution in [0, 0.1) is 6.92 Å². The van der Waals surface area contributed by atoms with Crippen molar-refractivity contribution in [2.45, 2.75) is 13.8 Å². The summed E-state index contributed by atoms with van der Waals surface area (Å²) in [5.74, 6) is -0.839. The maximum Gasteiger partial charge on any atom is 0.168 e. The molecule has 3 nitrogen and oxygen atoms in total. The molecular formula is C9H10O3. The van der Waals surface area contributed by atoms with Gasteiger partial charge in [0.05, 0.1) is 5.56 Å². The number of Topliss-reactive ketones (excluding diaryl/α,β-unsaturated/α-hetero) is 1. The lowest BCUT2D eigenvalue weighted by molar-refractivity contribution is 0.101. The number of hydrogen-bond acceptors (Lipinski definition) is 3. The van der Waals surface area contributed by atoms with E-state index in [0.717, 1.165) is 0 Å². The van der Waals surface area contributed by atoms with Crippen molar-refractivity contribution in [1.82, 2.24) is 0 Å². The lowest BCUT2D eigenvalue weighted by atomic mass is 10.0. The average molecular weight is 166 g/mol. The number of aromatic hydroxyl groups is 2. The molecule has 0 aromatic heterocycles. The highest BCUT2D eigenvalue weighted by molar-refractivity contribution is 5.98. The quantitative estimate of drug-likeness (QED) is 0.492. The van der Waals surface area contributed by atoms with E-state index < -0.39 is 0 Å². The maximum atomic E-state index is 11.0. The fourth-order valence-corrected chi connectivity index (χ4v) is 1.13. The van der Waals surface area contributed by atoms with E-state index in [2.05, 4.69) is 0 Å². The van der Waals surface area contributed by atoms with Crippen LogP contribution in [-0.2, 0) is 0 Å². The van der Waals surface area contributed by atoms with Crippen LogP contribution in [0.15, 0.2) is 12.1 Å². The van der Waals surface area contributed by atoms with Crippen LogP contribution >= 0.6 is 0 Å². The summed E-state index contributed by atoms with van der Waals surface area (Å²) >= 11 is 0. The molecule has 0 unspecified atom stereocenters. The second kappa shape index (κ2) is 2.85. The number of hydrogen-bond donors (Lipinski definition) is 2. The molecule has 0 aliphatic rings. The lowest BCUT2D eigenvalue weighted by Gasteiger charge is -2.05. The fraction of sp³-hybridized carbons (Fsp3) is 0.222. The fourth-order valence-electron chi connectivity index (χ4n) is 1.13. The van der Waals surface area contributed by atoms with E-state index in [9.17, 15) is 9.90 Å². The third kappa shape index (κ3) is 1.25. The Balaban J connectivity index is 3.43. The monoisotopic (exact) mass is 166 g/mol. The summed E-state index contributed by atoms with van der Waals surface area (Å²) in [6.45, 7) is 3.05. The van der Waals surface area contributed by atoms with Crippen LogP contribution in [0.5, 0.6) is 11.5 Å². The third-order valence-corrected chi connectivity index (χ3v) is 1.72. The normalized spacial score (nSPS) is 9.83. The van der Waals surface area contributed by atoms with Crippen LogP contribution in [0.1, 0.15) is 22.8 Å². The van der Waals surface area contributed by atoms with Crippen molar-refractivity contribution in [1.29, 1.82) is 0 Å². The van der Waals surface area contributed by atoms with Crippen molar-refractivity contribution in [3.05, 3.63) is 23.3 Å². The van der Waals surface area contributed by atoms with Gasteiger partial charge in [-0.2, -0.15) is 0 Å². The van der Waals surface area contributed by atoms with Gasteiger partial charge in [-0.05, 0) is 25.5 Å². The molecule has 0 heterocycles. The molecular weight excluding hydrogens is 156 g/mol. The van der Waals surface area contributed by atoms with E-state index >= 15 is 0 Å². The van der Waals surface area contributed by atoms with Crippen molar-refractivity contribution in [2.24, 2.45) is 0 Å². The number of rotatable bonds is 1. The molecule has 12 heavy (non-hydrogen) atoms. The summed E-state index contributed by atoms with van der Waals surface area (Å²) in [7, 11) is 0. The molecule has 0 atom stereocenters. The predicted octanol–water partition coefficient (Wildman–Crippen LogP) is 1.61. The Bertz CT molecular complexity index is 329. The van der Waals surface area contributed by atoms with E-state index in [1.54, 1.807) is 13.0 Å². The highest BCUT2D eigenvalue weighted by atomic mass is 16.3. The summed E-state index contributed by atoms with van der Waals surface area (Å²) < 4.78 is 0. The van der Waals surface area contributed by atoms with Crippen molar-refractivity contribution in [3.8, 4) is 11.5 Å². The predicted molar refractivity (Wildman–Crippen MR) is 44.5 cm³/mol. The molecule has 0 fully saturated rings. The number of benzene rings is 1. The molecule has 0 saturated carbocycles. The summed E-state index contributed by atoms with van der Waals surface area (Å²) in [4.78, 5) is 11.0. The second-order valence-corrected chi connectivity index (χ2v) is 2.68. The summed E-state index contributed by atoms with van der Waals surface area (Å²) in [6.07, 6.45) is 0. The van der Waals surface area contributed by atoms with Gasteiger partial charge in [0.1, 0.15) is 0 Å². The minimum Gasteiger partial charge on any atom is -0.504 e. The van der Waals surface area contributed by atoms with Crippen LogP contribution in [0.3, 0.4) is 0 Å². The van der Waals surface area contributed by atoms with Crippen LogP contribution in [0.4, 0.5) is 0 Å². The zero-order chi connectivity index (χ0) is 9.30. The molecule has 0 amide bonds. The van der Waals surface area contributed by atoms with Crippen LogP contribution in [0.25, 0.3) is 0 Å².